The zero-order chi connectivity index (χ0) is 14.3. The molecule has 1 unspecified atom stereocenters. The molecule has 0 N–H and O–H groups in total. The van der Waals surface area contributed by atoms with E-state index in [0.717, 1.165) is 11.7 Å². The fraction of sp³-hybridized carbons (Fsp3) is 0.533. The Hall–Kier alpha value is -1.15. The van der Waals surface area contributed by atoms with Gasteiger partial charge in [-0.05, 0) is 18.8 Å². The van der Waals surface area contributed by atoms with Gasteiger partial charge < -0.3 is 4.74 Å². The second-order valence-electron chi connectivity index (χ2n) is 6.12. The SMILES string of the molecule is CN(C[Si](C)(C)C)C(C#N)COCc1ccccc1. The van der Waals surface area contributed by atoms with Crippen molar-refractivity contribution >= 4 is 8.07 Å². The average molecular weight is 276 g/mol. The van der Waals surface area contributed by atoms with Crippen molar-refractivity contribution in [3.63, 3.8) is 0 Å². The summed E-state index contributed by atoms with van der Waals surface area (Å²) in [5, 5.41) is 9.23. The summed E-state index contributed by atoms with van der Waals surface area (Å²) >= 11 is 0. The summed E-state index contributed by atoms with van der Waals surface area (Å²) in [5.41, 5.74) is 1.15. The van der Waals surface area contributed by atoms with E-state index in [1.165, 1.54) is 0 Å². The van der Waals surface area contributed by atoms with Crippen molar-refractivity contribution in [2.45, 2.75) is 32.3 Å². The monoisotopic (exact) mass is 276 g/mol. The molecule has 3 nitrogen and oxygen atoms in total. The van der Waals surface area contributed by atoms with E-state index in [0.29, 0.717) is 13.2 Å². The number of benzene rings is 1. The summed E-state index contributed by atoms with van der Waals surface area (Å²) in [6, 6.07) is 12.2. The second-order valence-corrected chi connectivity index (χ2v) is 11.6. The zero-order valence-corrected chi connectivity index (χ0v) is 13.4. The molecule has 1 aromatic rings. The Morgan fingerprint density at radius 1 is 1.26 bits per heavy atom. The smallest absolute Gasteiger partial charge is 0.121 e. The van der Waals surface area contributed by atoms with Crippen LogP contribution in [0.2, 0.25) is 19.6 Å². The Bertz CT molecular complexity index is 408. The van der Waals surface area contributed by atoms with Crippen molar-refractivity contribution in [1.29, 1.82) is 5.26 Å². The highest BCUT2D eigenvalue weighted by Crippen LogP contribution is 2.07. The summed E-state index contributed by atoms with van der Waals surface area (Å²) in [5.74, 6) is 0. The van der Waals surface area contributed by atoms with Gasteiger partial charge in [0.15, 0.2) is 0 Å². The van der Waals surface area contributed by atoms with Crippen molar-refractivity contribution < 1.29 is 4.74 Å². The van der Waals surface area contributed by atoms with Crippen molar-refractivity contribution in [2.24, 2.45) is 0 Å². The molecule has 0 aliphatic heterocycles. The Labute approximate surface area is 117 Å². The maximum Gasteiger partial charge on any atom is 0.121 e. The highest BCUT2D eigenvalue weighted by molar-refractivity contribution is 6.76. The van der Waals surface area contributed by atoms with Gasteiger partial charge in [0.2, 0.25) is 0 Å². The Balaban J connectivity index is 2.39. The van der Waals surface area contributed by atoms with Gasteiger partial charge in [0.25, 0.3) is 0 Å². The van der Waals surface area contributed by atoms with Gasteiger partial charge in [-0.25, -0.2) is 0 Å². The molecular weight excluding hydrogens is 252 g/mol. The molecule has 19 heavy (non-hydrogen) atoms. The third-order valence-corrected chi connectivity index (χ3v) is 4.24. The Morgan fingerprint density at radius 2 is 1.89 bits per heavy atom. The summed E-state index contributed by atoms with van der Waals surface area (Å²) in [4.78, 5) is 2.12. The molecule has 0 heterocycles. The predicted octanol–water partition coefficient (Wildman–Crippen LogP) is 2.90. The fourth-order valence-electron chi connectivity index (χ4n) is 1.98. The van der Waals surface area contributed by atoms with Crippen LogP contribution < -0.4 is 0 Å². The first-order chi connectivity index (χ1) is 8.92. The fourth-order valence-corrected chi connectivity index (χ4v) is 3.70. The van der Waals surface area contributed by atoms with Gasteiger partial charge in [-0.3, -0.25) is 4.90 Å². The summed E-state index contributed by atoms with van der Waals surface area (Å²) in [6.07, 6.45) is 1.01. The first kappa shape index (κ1) is 15.9. The topological polar surface area (TPSA) is 36.3 Å². The van der Waals surface area contributed by atoms with Crippen LogP contribution in [0.5, 0.6) is 0 Å². The molecule has 0 saturated heterocycles. The molecule has 0 aromatic heterocycles. The van der Waals surface area contributed by atoms with Crippen molar-refractivity contribution in [2.75, 3.05) is 19.8 Å². The Morgan fingerprint density at radius 3 is 2.42 bits per heavy atom. The van der Waals surface area contributed by atoms with E-state index in [1.54, 1.807) is 0 Å². The first-order valence-corrected chi connectivity index (χ1v) is 10.3. The molecule has 0 radical (unpaired) electrons. The number of rotatable bonds is 7. The molecule has 0 aliphatic rings. The molecule has 1 aromatic carbocycles. The molecule has 1 atom stereocenters. The minimum Gasteiger partial charge on any atom is -0.374 e. The molecule has 0 saturated carbocycles. The molecular formula is C15H24N2OSi. The minimum absolute atomic E-state index is 0.157. The molecule has 1 rings (SSSR count). The molecule has 0 fully saturated rings. The maximum atomic E-state index is 9.23. The van der Waals surface area contributed by atoms with E-state index in [9.17, 15) is 5.26 Å². The summed E-state index contributed by atoms with van der Waals surface area (Å²) < 4.78 is 5.66. The number of nitriles is 1. The van der Waals surface area contributed by atoms with Crippen molar-refractivity contribution in [1.82, 2.24) is 4.90 Å². The van der Waals surface area contributed by atoms with Gasteiger partial charge in [0, 0.05) is 0 Å². The molecule has 4 heteroatoms. The highest BCUT2D eigenvalue weighted by Gasteiger charge is 2.21. The summed E-state index contributed by atoms with van der Waals surface area (Å²) in [7, 11) is 0.829. The number of nitrogens with zero attached hydrogens (tertiary/aromatic N) is 2. The van der Waals surface area contributed by atoms with E-state index in [1.807, 2.05) is 37.4 Å². The van der Waals surface area contributed by atoms with Crippen LogP contribution in [0.15, 0.2) is 30.3 Å². The third-order valence-electron chi connectivity index (χ3n) is 2.79. The maximum absolute atomic E-state index is 9.23. The third kappa shape index (κ3) is 6.53. The van der Waals surface area contributed by atoms with Gasteiger partial charge >= 0.3 is 0 Å². The van der Waals surface area contributed by atoms with Crippen LogP contribution in [0.25, 0.3) is 0 Å². The van der Waals surface area contributed by atoms with E-state index in [2.05, 4.69) is 30.6 Å². The van der Waals surface area contributed by atoms with Gasteiger partial charge in [-0.15, -0.1) is 0 Å². The van der Waals surface area contributed by atoms with Crippen LogP contribution in [0.3, 0.4) is 0 Å². The van der Waals surface area contributed by atoms with Gasteiger partial charge in [-0.1, -0.05) is 50.0 Å². The lowest BCUT2D eigenvalue weighted by Gasteiger charge is -2.28. The van der Waals surface area contributed by atoms with Crippen molar-refractivity contribution in [3.8, 4) is 6.07 Å². The van der Waals surface area contributed by atoms with Gasteiger partial charge in [-0.2, -0.15) is 5.26 Å². The number of likely N-dealkylation sites (N-methyl/N-ethyl adjacent to an activating group) is 1. The van der Waals surface area contributed by atoms with Crippen LogP contribution >= 0.6 is 0 Å². The normalized spacial score (nSPS) is 13.3. The molecule has 104 valence electrons. The van der Waals surface area contributed by atoms with Gasteiger partial charge in [0.05, 0.1) is 27.4 Å². The van der Waals surface area contributed by atoms with E-state index in [4.69, 9.17) is 4.74 Å². The zero-order valence-electron chi connectivity index (χ0n) is 12.4. The van der Waals surface area contributed by atoms with E-state index in [-0.39, 0.29) is 6.04 Å². The highest BCUT2D eigenvalue weighted by atomic mass is 28.3. The quantitative estimate of drug-likeness (QED) is 0.718. The van der Waals surface area contributed by atoms with E-state index < -0.39 is 8.07 Å². The van der Waals surface area contributed by atoms with Crippen LogP contribution in [0.4, 0.5) is 0 Å². The first-order valence-electron chi connectivity index (χ1n) is 6.64. The predicted molar refractivity (Wildman–Crippen MR) is 81.5 cm³/mol. The van der Waals surface area contributed by atoms with E-state index >= 15 is 0 Å². The van der Waals surface area contributed by atoms with Gasteiger partial charge in [0.1, 0.15) is 6.04 Å². The lowest BCUT2D eigenvalue weighted by Crippen LogP contribution is -2.44. The van der Waals surface area contributed by atoms with Crippen LogP contribution in [0.1, 0.15) is 5.56 Å². The largest absolute Gasteiger partial charge is 0.374 e. The lowest BCUT2D eigenvalue weighted by atomic mass is 10.2. The Kier molecular flexibility index (Phi) is 6.23. The number of hydrogen-bond donors (Lipinski definition) is 0. The molecule has 0 bridgehead atoms. The minimum atomic E-state index is -1.18. The second kappa shape index (κ2) is 7.44. The molecule has 0 spiro atoms. The standard InChI is InChI=1S/C15H24N2OSi/c1-17(13-19(2,3)4)15(10-16)12-18-11-14-8-6-5-7-9-14/h5-9,15H,11-13H2,1-4H3. The van der Waals surface area contributed by atoms with Crippen LogP contribution in [0, 0.1) is 11.3 Å². The van der Waals surface area contributed by atoms with Crippen molar-refractivity contribution in [3.05, 3.63) is 35.9 Å². The lowest BCUT2D eigenvalue weighted by molar-refractivity contribution is 0.0835. The summed E-state index contributed by atoms with van der Waals surface area (Å²) in [6.45, 7) is 7.96. The number of ether oxygens (including phenoxy) is 1. The molecule has 0 aliphatic carbocycles. The average Bonchev–Trinajstić information content (AvgIpc) is 2.33. The van der Waals surface area contributed by atoms with Crippen LogP contribution in [-0.2, 0) is 11.3 Å². The number of hydrogen-bond acceptors (Lipinski definition) is 3. The van der Waals surface area contributed by atoms with Crippen LogP contribution in [-0.4, -0.2) is 38.8 Å². The molecule has 0 amide bonds.